The lowest BCUT2D eigenvalue weighted by molar-refractivity contribution is -0.151. The van der Waals surface area contributed by atoms with Crippen LogP contribution in [0.2, 0.25) is 0 Å². The van der Waals surface area contributed by atoms with Crippen molar-refractivity contribution in [2.75, 3.05) is 114 Å². The Morgan fingerprint density at radius 2 is 1.16 bits per heavy atom. The number of unbranched alkanes of at least 4 members (excludes halogenated alkanes) is 2. The highest BCUT2D eigenvalue weighted by Crippen LogP contribution is 2.57. The second-order valence-corrected chi connectivity index (χ2v) is 38.7. The van der Waals surface area contributed by atoms with Crippen LogP contribution >= 0.6 is 41.8 Å². The first-order valence-electron chi connectivity index (χ1n) is 40.1. The number of H-pyrrole nitrogens is 4. The summed E-state index contributed by atoms with van der Waals surface area (Å²) in [4.78, 5) is 114. The second kappa shape index (κ2) is 45.0. The van der Waals surface area contributed by atoms with Crippen LogP contribution in [-0.2, 0) is 124 Å². The van der Waals surface area contributed by atoms with E-state index in [1.165, 1.54) is 39.2 Å². The molecule has 0 bridgehead atoms. The number of halogens is 1. The molecule has 0 saturated carbocycles. The molecule has 9 aromatic heterocycles. The number of aryl methyl sites for hydroxylation is 2. The van der Waals surface area contributed by atoms with E-state index >= 15 is 0 Å². The SMILES string of the molecule is CC(C)(C)c1cccc2c1OP(=O)(COCCn1cnc3c(=O)[nH]c(N)nc31)OC2.CCCCOC(=O)C(C)OP(=O)(COCCn1cnc2c(=O)[nH]c(N)nc21)NC(C)C(=O)OCC.Cc1ccc(COP(=O)(COCCn2cnc3c(=O)[nH]c(N)nc32)N(C)CCCCCl)o1.Cc1cccc(C2CCOP(=O)(COCCn3cnc4c(=O)[nH]c(N)nc43)O2)c1. The Labute approximate surface area is 726 Å². The normalized spacial score (nSPS) is 17.2. The van der Waals surface area contributed by atoms with E-state index in [0.29, 0.717) is 80.0 Å². The molecule has 13 N–H and O–H groups in total. The maximum absolute atomic E-state index is 13.6. The number of carbonyl (C=O) groups excluding carboxylic acids is 2. The Hall–Kier alpha value is -10.2. The molecule has 0 amide bonds. The summed E-state index contributed by atoms with van der Waals surface area (Å²) in [5.41, 5.74) is 26.6. The van der Waals surface area contributed by atoms with Crippen LogP contribution in [0.15, 0.2) is 104 Å². The van der Waals surface area contributed by atoms with Crippen LogP contribution in [0, 0.1) is 13.8 Å². The van der Waals surface area contributed by atoms with Crippen molar-refractivity contribution in [2.45, 2.75) is 157 Å². The number of aromatic amines is 4. The highest BCUT2D eigenvalue weighted by atomic mass is 35.5. The summed E-state index contributed by atoms with van der Waals surface area (Å²) in [6, 6.07) is 16.4. The summed E-state index contributed by atoms with van der Waals surface area (Å²) in [6.45, 7) is 20.0. The van der Waals surface area contributed by atoms with Gasteiger partial charge in [0.2, 0.25) is 23.8 Å². The minimum atomic E-state index is -3.86. The lowest BCUT2D eigenvalue weighted by Crippen LogP contribution is -2.36. The molecular formula is C76H107ClN22O23P4. The third-order valence-electron chi connectivity index (χ3n) is 18.8. The number of para-hydroxylation sites is 1. The number of benzene rings is 2. The summed E-state index contributed by atoms with van der Waals surface area (Å²) in [5, 5.41) is 2.60. The summed E-state index contributed by atoms with van der Waals surface area (Å²) in [7, 11) is -12.2. The van der Waals surface area contributed by atoms with Crippen molar-refractivity contribution in [2.24, 2.45) is 0 Å². The van der Waals surface area contributed by atoms with Crippen molar-refractivity contribution < 1.29 is 87.8 Å². The molecule has 2 aliphatic rings. The Bertz CT molecular complexity index is 5980. The maximum Gasteiger partial charge on any atom is 0.405 e. The van der Waals surface area contributed by atoms with Gasteiger partial charge in [-0.15, -0.1) is 11.6 Å². The molecule has 126 heavy (non-hydrogen) atoms. The molecule has 50 heteroatoms. The fraction of sp³-hybridized carbons (Fsp3) is 0.500. The average molecular weight is 1860 g/mol. The number of carbonyl (C=O) groups is 2. The number of fused-ring (bicyclic) bond motifs is 5. The van der Waals surface area contributed by atoms with Gasteiger partial charge in [-0.25, -0.2) is 39.1 Å². The lowest BCUT2D eigenvalue weighted by Gasteiger charge is -2.31. The standard InChI is InChI=1S/C20H33N6O8P.C19H28ClN6O5P.C19H24N5O5P.C18H22N5O5P/c1-5-7-9-33-19(29)14(4)34-35(30,25-13(3)18(28)32-6-2)12-31-10-8-26-11-22-15-16(26)23-20(21)24-17(15)27;1-14-5-6-15(31-14)11-30-32(28,25(2)8-4-3-7-20)13-29-10-9-26-12-22-16-17(26)23-19(21)24-18(16)27;1-19(2,3)13-6-4-5-12-9-28-30(26,29-15(12)13)11-27-8-7-24-10-21-14-16(24)22-18(20)23-17(14)25;1-12-3-2-4-13(9-12)14-5-7-27-29(25,28-14)11-26-8-6-23-10-20-15-16(23)21-18(19)22-17(15)24/h11,13-14H,5-10,12H2,1-4H3,(H,25,30)(H3,21,23,24,27);5-6,12H,3-4,7-11,13H2,1-2H3,(H3,21,23,24,27);4-6,10H,7-9,11H2,1-3H3,(H3,20,22,23,25);2-4,9-10,14H,5-8,11H2,1H3,(H3,19,21,22,24). The number of nitrogen functional groups attached to an aromatic ring is 4. The van der Waals surface area contributed by atoms with Crippen molar-refractivity contribution >= 4 is 122 Å². The molecule has 1 fully saturated rings. The zero-order chi connectivity index (χ0) is 91.1. The third kappa shape index (κ3) is 27.2. The van der Waals surface area contributed by atoms with Crippen molar-refractivity contribution in [1.29, 1.82) is 0 Å². The van der Waals surface area contributed by atoms with Gasteiger partial charge in [-0.3, -0.25) is 66.7 Å². The van der Waals surface area contributed by atoms with Crippen LogP contribution < -0.4 is 54.8 Å². The molecule has 0 spiro atoms. The number of hydrogen-bond donors (Lipinski definition) is 9. The van der Waals surface area contributed by atoms with Gasteiger partial charge in [0.15, 0.2) is 57.1 Å². The Morgan fingerprint density at radius 1 is 0.651 bits per heavy atom. The van der Waals surface area contributed by atoms with E-state index in [-0.39, 0.29) is 141 Å². The number of hydrogen-bond acceptors (Lipinski definition) is 35. The molecule has 45 nitrogen and oxygen atoms in total. The minimum Gasteiger partial charge on any atom is -0.465 e. The van der Waals surface area contributed by atoms with Crippen LogP contribution in [0.3, 0.4) is 0 Å². The zero-order valence-electron chi connectivity index (χ0n) is 71.4. The molecule has 7 unspecified atom stereocenters. The number of imidazole rings is 4. The van der Waals surface area contributed by atoms with E-state index < -0.39 is 82.9 Å². The van der Waals surface area contributed by atoms with Crippen LogP contribution in [0.1, 0.15) is 120 Å². The van der Waals surface area contributed by atoms with E-state index in [2.05, 4.69) is 85.7 Å². The smallest absolute Gasteiger partial charge is 0.405 e. The summed E-state index contributed by atoms with van der Waals surface area (Å²) < 4.78 is 133. The molecule has 2 aromatic carbocycles. The predicted octanol–water partition coefficient (Wildman–Crippen LogP) is 9.23. The number of alkyl halides is 1. The first-order chi connectivity index (χ1) is 60.0. The highest BCUT2D eigenvalue weighted by molar-refractivity contribution is 7.57. The highest BCUT2D eigenvalue weighted by Gasteiger charge is 2.39. The van der Waals surface area contributed by atoms with E-state index in [1.54, 1.807) is 43.0 Å². The van der Waals surface area contributed by atoms with Gasteiger partial charge in [-0.2, -0.15) is 19.9 Å². The summed E-state index contributed by atoms with van der Waals surface area (Å²) in [5.74, 6) is 1.18. The van der Waals surface area contributed by atoms with Crippen molar-refractivity contribution in [3.63, 3.8) is 0 Å². The second-order valence-electron chi connectivity index (χ2n) is 29.9. The minimum absolute atomic E-state index is 0.00908. The molecule has 686 valence electrons. The Balaban J connectivity index is 0.000000176. The average Bonchev–Trinajstić information content (AvgIpc) is 1.32. The van der Waals surface area contributed by atoms with Gasteiger partial charge in [0.25, 0.3) is 37.3 Å². The number of nitrogens with one attached hydrogen (secondary N) is 5. The quantitative estimate of drug-likeness (QED) is 0.00749. The molecular weight excluding hydrogens is 1750 g/mol. The maximum atomic E-state index is 13.6. The van der Waals surface area contributed by atoms with Crippen LogP contribution in [0.4, 0.5) is 23.8 Å². The number of ether oxygens (including phenoxy) is 6. The lowest BCUT2D eigenvalue weighted by atomic mass is 9.85. The van der Waals surface area contributed by atoms with Crippen molar-refractivity contribution in [3.8, 4) is 5.75 Å². The molecule has 0 aliphatic carbocycles. The summed E-state index contributed by atoms with van der Waals surface area (Å²) in [6.07, 6.45) is 7.28. The van der Waals surface area contributed by atoms with E-state index in [9.17, 15) is 47.0 Å². The number of furan rings is 1. The number of esters is 2. The van der Waals surface area contributed by atoms with Gasteiger partial charge < -0.3 is 92.1 Å². The molecule has 13 rings (SSSR count). The first kappa shape index (κ1) is 98.0. The molecule has 2 aliphatic heterocycles. The van der Waals surface area contributed by atoms with E-state index in [1.807, 2.05) is 69.3 Å². The topological polar surface area (TPSA) is 600 Å². The Kier molecular flexibility index (Phi) is 35.0. The van der Waals surface area contributed by atoms with Gasteiger partial charge in [0, 0.05) is 56.2 Å². The Morgan fingerprint density at radius 3 is 1.64 bits per heavy atom. The monoisotopic (exact) mass is 1850 g/mol. The molecule has 0 radical (unpaired) electrons. The molecule has 11 heterocycles. The van der Waals surface area contributed by atoms with Crippen molar-refractivity contribution in [3.05, 3.63) is 155 Å². The van der Waals surface area contributed by atoms with Crippen LogP contribution in [0.5, 0.6) is 5.75 Å². The zero-order valence-corrected chi connectivity index (χ0v) is 75.7. The third-order valence-corrected chi connectivity index (χ3v) is 26.5. The largest absolute Gasteiger partial charge is 0.465 e. The predicted molar refractivity (Wildman–Crippen MR) is 467 cm³/mol. The van der Waals surface area contributed by atoms with Gasteiger partial charge in [-0.05, 0) is 84.0 Å². The number of aromatic nitrogens is 16. The van der Waals surface area contributed by atoms with E-state index in [0.717, 1.165) is 47.3 Å². The molecule has 1 saturated heterocycles. The molecule has 7 atom stereocenters. The fourth-order valence-electron chi connectivity index (χ4n) is 12.4. The number of nitrogens with two attached hydrogens (primary N) is 4. The van der Waals surface area contributed by atoms with Crippen LogP contribution in [0.25, 0.3) is 44.7 Å². The van der Waals surface area contributed by atoms with Crippen molar-refractivity contribution in [1.82, 2.24) is 87.8 Å². The number of nitrogens with zero attached hydrogens (tertiary/aromatic N) is 13. The fourth-order valence-corrected chi connectivity index (χ4v) is 19.0. The van der Waals surface area contributed by atoms with E-state index in [4.69, 9.17) is 94.5 Å². The van der Waals surface area contributed by atoms with Gasteiger partial charge >= 0.3 is 27.1 Å². The van der Waals surface area contributed by atoms with Gasteiger partial charge in [0.05, 0.1) is 84.3 Å². The first-order valence-corrected chi connectivity index (χ1v) is 47.7. The van der Waals surface area contributed by atoms with Gasteiger partial charge in [0.1, 0.15) is 49.0 Å². The number of anilines is 4. The summed E-state index contributed by atoms with van der Waals surface area (Å²) >= 11 is 5.76. The molecule has 11 aromatic rings. The number of rotatable bonds is 39. The van der Waals surface area contributed by atoms with Crippen LogP contribution in [-0.4, -0.2) is 198 Å². The van der Waals surface area contributed by atoms with Gasteiger partial charge in [-0.1, -0.05) is 82.1 Å².